The number of carbonyl (C=O) groups excluding carboxylic acids is 1. The van der Waals surface area contributed by atoms with E-state index in [1.165, 1.54) is 6.92 Å². The standard InChI is InChI=1S/C10H12O2S/c1-7(12-8(2)11)9-3-5-10(13)6-4-9/h3-7,13H,1-2H3. The summed E-state index contributed by atoms with van der Waals surface area (Å²) in [7, 11) is 0. The summed E-state index contributed by atoms with van der Waals surface area (Å²) in [5.74, 6) is -0.262. The van der Waals surface area contributed by atoms with Crippen molar-refractivity contribution in [3.05, 3.63) is 29.8 Å². The van der Waals surface area contributed by atoms with E-state index in [-0.39, 0.29) is 12.1 Å². The van der Waals surface area contributed by atoms with Crippen LogP contribution in [0.5, 0.6) is 0 Å². The van der Waals surface area contributed by atoms with Crippen LogP contribution in [0.15, 0.2) is 29.2 Å². The SMILES string of the molecule is CC(=O)OC(C)c1ccc(S)cc1. The van der Waals surface area contributed by atoms with Crippen LogP contribution in [-0.2, 0) is 9.53 Å². The number of rotatable bonds is 2. The molecule has 0 aliphatic carbocycles. The van der Waals surface area contributed by atoms with Gasteiger partial charge in [-0.2, -0.15) is 0 Å². The third-order valence-electron chi connectivity index (χ3n) is 1.71. The molecule has 1 unspecified atom stereocenters. The third-order valence-corrected chi connectivity index (χ3v) is 2.00. The van der Waals surface area contributed by atoms with Crippen LogP contribution < -0.4 is 0 Å². The summed E-state index contributed by atoms with van der Waals surface area (Å²) in [5, 5.41) is 0. The predicted molar refractivity (Wildman–Crippen MR) is 53.9 cm³/mol. The minimum Gasteiger partial charge on any atom is -0.458 e. The molecule has 0 aliphatic rings. The van der Waals surface area contributed by atoms with Crippen LogP contribution >= 0.6 is 12.6 Å². The maximum atomic E-state index is 10.7. The fourth-order valence-corrected chi connectivity index (χ4v) is 1.21. The van der Waals surface area contributed by atoms with Gasteiger partial charge in [0.05, 0.1) is 0 Å². The third kappa shape index (κ3) is 3.11. The highest BCUT2D eigenvalue weighted by Gasteiger charge is 2.07. The average molecular weight is 196 g/mol. The number of benzene rings is 1. The van der Waals surface area contributed by atoms with Gasteiger partial charge in [-0.05, 0) is 24.6 Å². The second kappa shape index (κ2) is 4.33. The Morgan fingerprint density at radius 1 is 1.38 bits per heavy atom. The Morgan fingerprint density at radius 3 is 2.38 bits per heavy atom. The molecule has 0 N–H and O–H groups in total. The Balaban J connectivity index is 2.71. The zero-order chi connectivity index (χ0) is 9.84. The minimum absolute atomic E-state index is 0.188. The smallest absolute Gasteiger partial charge is 0.303 e. The van der Waals surface area contributed by atoms with Gasteiger partial charge >= 0.3 is 5.97 Å². The summed E-state index contributed by atoms with van der Waals surface area (Å²) in [4.78, 5) is 11.6. The topological polar surface area (TPSA) is 26.3 Å². The minimum atomic E-state index is -0.262. The summed E-state index contributed by atoms with van der Waals surface area (Å²) in [6.45, 7) is 3.25. The molecule has 0 radical (unpaired) electrons. The quantitative estimate of drug-likeness (QED) is 0.581. The van der Waals surface area contributed by atoms with Gasteiger partial charge < -0.3 is 4.74 Å². The van der Waals surface area contributed by atoms with E-state index in [0.29, 0.717) is 0 Å². The number of thiol groups is 1. The zero-order valence-electron chi connectivity index (χ0n) is 7.65. The van der Waals surface area contributed by atoms with Crippen LogP contribution in [0.4, 0.5) is 0 Å². The van der Waals surface area contributed by atoms with E-state index in [4.69, 9.17) is 4.74 Å². The number of ether oxygens (including phenoxy) is 1. The van der Waals surface area contributed by atoms with E-state index in [1.54, 1.807) is 0 Å². The van der Waals surface area contributed by atoms with Crippen LogP contribution in [0.25, 0.3) is 0 Å². The lowest BCUT2D eigenvalue weighted by molar-refractivity contribution is -0.145. The van der Waals surface area contributed by atoms with Crippen molar-refractivity contribution in [2.45, 2.75) is 24.8 Å². The molecular weight excluding hydrogens is 184 g/mol. The van der Waals surface area contributed by atoms with Crippen LogP contribution in [0, 0.1) is 0 Å². The van der Waals surface area contributed by atoms with Crippen molar-refractivity contribution in [3.63, 3.8) is 0 Å². The summed E-state index contributed by atoms with van der Waals surface area (Å²) in [6, 6.07) is 7.54. The highest BCUT2D eigenvalue weighted by molar-refractivity contribution is 7.80. The second-order valence-electron chi connectivity index (χ2n) is 2.84. The monoisotopic (exact) mass is 196 g/mol. The molecule has 0 aromatic heterocycles. The second-order valence-corrected chi connectivity index (χ2v) is 3.36. The summed E-state index contributed by atoms with van der Waals surface area (Å²) in [6.07, 6.45) is -0.188. The van der Waals surface area contributed by atoms with Crippen molar-refractivity contribution in [3.8, 4) is 0 Å². The molecule has 1 aromatic carbocycles. The van der Waals surface area contributed by atoms with Gasteiger partial charge in [-0.3, -0.25) is 4.79 Å². The van der Waals surface area contributed by atoms with Gasteiger partial charge in [0.25, 0.3) is 0 Å². The number of carbonyl (C=O) groups is 1. The lowest BCUT2D eigenvalue weighted by Crippen LogP contribution is -2.04. The van der Waals surface area contributed by atoms with Gasteiger partial charge in [0.15, 0.2) is 0 Å². The van der Waals surface area contributed by atoms with Crippen molar-refractivity contribution in [1.82, 2.24) is 0 Å². The van der Waals surface area contributed by atoms with Crippen molar-refractivity contribution in [2.24, 2.45) is 0 Å². The molecule has 0 fully saturated rings. The van der Waals surface area contributed by atoms with Gasteiger partial charge in [0, 0.05) is 11.8 Å². The van der Waals surface area contributed by atoms with Crippen LogP contribution in [0.3, 0.4) is 0 Å². The van der Waals surface area contributed by atoms with E-state index in [1.807, 2.05) is 31.2 Å². The maximum absolute atomic E-state index is 10.7. The predicted octanol–water partition coefficient (Wildman–Crippen LogP) is 2.60. The average Bonchev–Trinajstić information content (AvgIpc) is 2.04. The molecule has 0 heterocycles. The van der Waals surface area contributed by atoms with Gasteiger partial charge in [0.2, 0.25) is 0 Å². The first-order chi connectivity index (χ1) is 6.09. The van der Waals surface area contributed by atoms with Gasteiger partial charge in [0.1, 0.15) is 6.10 Å². The highest BCUT2D eigenvalue weighted by atomic mass is 32.1. The van der Waals surface area contributed by atoms with Crippen molar-refractivity contribution in [2.75, 3.05) is 0 Å². The summed E-state index contributed by atoms with van der Waals surface area (Å²) >= 11 is 4.16. The van der Waals surface area contributed by atoms with Crippen LogP contribution in [-0.4, -0.2) is 5.97 Å². The van der Waals surface area contributed by atoms with Crippen LogP contribution in [0.1, 0.15) is 25.5 Å². The molecule has 13 heavy (non-hydrogen) atoms. The fraction of sp³-hybridized carbons (Fsp3) is 0.300. The summed E-state index contributed by atoms with van der Waals surface area (Å²) < 4.78 is 5.01. The molecule has 0 aliphatic heterocycles. The molecule has 0 saturated heterocycles. The van der Waals surface area contributed by atoms with Gasteiger partial charge in [-0.1, -0.05) is 12.1 Å². The molecular formula is C10H12O2S. The first-order valence-electron chi connectivity index (χ1n) is 4.05. The summed E-state index contributed by atoms with van der Waals surface area (Å²) in [5.41, 5.74) is 0.980. The number of hydrogen-bond donors (Lipinski definition) is 1. The Hall–Kier alpha value is -0.960. The number of hydrogen-bond acceptors (Lipinski definition) is 3. The number of esters is 1. The van der Waals surface area contributed by atoms with E-state index < -0.39 is 0 Å². The van der Waals surface area contributed by atoms with E-state index >= 15 is 0 Å². The Morgan fingerprint density at radius 2 is 1.92 bits per heavy atom. The maximum Gasteiger partial charge on any atom is 0.303 e. The Kier molecular flexibility index (Phi) is 3.37. The Labute approximate surface area is 83.3 Å². The molecule has 1 atom stereocenters. The molecule has 70 valence electrons. The molecule has 0 amide bonds. The molecule has 2 nitrogen and oxygen atoms in total. The fourth-order valence-electron chi connectivity index (χ4n) is 1.06. The first-order valence-corrected chi connectivity index (χ1v) is 4.50. The van der Waals surface area contributed by atoms with E-state index in [9.17, 15) is 4.79 Å². The van der Waals surface area contributed by atoms with Crippen molar-refractivity contribution < 1.29 is 9.53 Å². The molecule has 3 heteroatoms. The zero-order valence-corrected chi connectivity index (χ0v) is 8.54. The van der Waals surface area contributed by atoms with Gasteiger partial charge in [-0.15, -0.1) is 12.6 Å². The molecule has 0 bridgehead atoms. The van der Waals surface area contributed by atoms with Crippen molar-refractivity contribution >= 4 is 18.6 Å². The van der Waals surface area contributed by atoms with Crippen molar-refractivity contribution in [1.29, 1.82) is 0 Å². The lowest BCUT2D eigenvalue weighted by Gasteiger charge is -2.11. The normalized spacial score (nSPS) is 12.2. The largest absolute Gasteiger partial charge is 0.458 e. The molecule has 1 aromatic rings. The Bertz CT molecular complexity index is 292. The first kappa shape index (κ1) is 10.1. The molecule has 0 saturated carbocycles. The van der Waals surface area contributed by atoms with E-state index in [0.717, 1.165) is 10.5 Å². The highest BCUT2D eigenvalue weighted by Crippen LogP contribution is 2.18. The molecule has 0 spiro atoms. The molecule has 1 rings (SSSR count). The van der Waals surface area contributed by atoms with Gasteiger partial charge in [-0.25, -0.2) is 0 Å². The lowest BCUT2D eigenvalue weighted by atomic mass is 10.1. The van der Waals surface area contributed by atoms with E-state index in [2.05, 4.69) is 12.6 Å². The van der Waals surface area contributed by atoms with Crippen LogP contribution in [0.2, 0.25) is 0 Å².